The molecule has 176 valence electrons. The minimum atomic E-state index is -0.768. The first kappa shape index (κ1) is 25.4. The Labute approximate surface area is 190 Å². The summed E-state index contributed by atoms with van der Waals surface area (Å²) in [6, 6.07) is 6.74. The Hall–Kier alpha value is -2.83. The van der Waals surface area contributed by atoms with Gasteiger partial charge >= 0.3 is 5.97 Å². The van der Waals surface area contributed by atoms with Crippen LogP contribution in [0.3, 0.4) is 0 Å². The molecule has 0 aromatic heterocycles. The average molecular weight is 445 g/mol. The number of rotatable bonds is 4. The predicted octanol–water partition coefficient (Wildman–Crippen LogP) is 3.17. The fourth-order valence-corrected chi connectivity index (χ4v) is 3.77. The van der Waals surface area contributed by atoms with Gasteiger partial charge in [0.15, 0.2) is 0 Å². The first-order valence-electron chi connectivity index (χ1n) is 11.2. The number of esters is 1. The first-order chi connectivity index (χ1) is 15.1. The van der Waals surface area contributed by atoms with Gasteiger partial charge in [-0.05, 0) is 64.2 Å². The molecule has 3 atom stereocenters. The van der Waals surface area contributed by atoms with Crippen molar-refractivity contribution in [2.24, 2.45) is 11.8 Å². The summed E-state index contributed by atoms with van der Waals surface area (Å²) in [5.41, 5.74) is 0.228. The Kier molecular flexibility index (Phi) is 9.29. The second-order valence-corrected chi connectivity index (χ2v) is 9.14. The third-order valence-corrected chi connectivity index (χ3v) is 5.37. The topological polar surface area (TPSA) is 93.7 Å². The molecule has 2 heterocycles. The molecule has 2 aliphatic heterocycles. The number of benzene rings is 1. The molecule has 0 aliphatic carbocycles. The van der Waals surface area contributed by atoms with Crippen LogP contribution in [-0.2, 0) is 25.5 Å². The quantitative estimate of drug-likeness (QED) is 0.550. The second-order valence-electron chi connectivity index (χ2n) is 9.14. The number of hydrogen-bond acceptors (Lipinski definition) is 5. The lowest BCUT2D eigenvalue weighted by Crippen LogP contribution is -2.50. The van der Waals surface area contributed by atoms with Crippen LogP contribution in [0.4, 0.5) is 0 Å². The van der Waals surface area contributed by atoms with Crippen LogP contribution in [0.5, 0.6) is 5.75 Å². The van der Waals surface area contributed by atoms with E-state index < -0.39 is 29.4 Å². The van der Waals surface area contributed by atoms with E-state index in [2.05, 4.69) is 17.2 Å². The molecule has 1 aromatic rings. The molecular weight excluding hydrogens is 408 g/mol. The number of amides is 2. The Bertz CT molecular complexity index is 798. The van der Waals surface area contributed by atoms with Crippen molar-refractivity contribution in [2.75, 3.05) is 13.7 Å². The van der Waals surface area contributed by atoms with Crippen LogP contribution in [-0.4, -0.2) is 43.1 Å². The zero-order chi connectivity index (χ0) is 23.7. The monoisotopic (exact) mass is 444 g/mol. The molecule has 0 unspecified atom stereocenters. The number of likely N-dealkylation sites (N-methyl/N-ethyl adjacent to an activating group) is 1. The van der Waals surface area contributed by atoms with E-state index in [0.717, 1.165) is 17.7 Å². The molecule has 2 aliphatic rings. The highest BCUT2D eigenvalue weighted by molar-refractivity contribution is 5.91. The van der Waals surface area contributed by atoms with Gasteiger partial charge < -0.3 is 20.1 Å². The zero-order valence-electron chi connectivity index (χ0n) is 19.6. The normalized spacial score (nSPS) is 22.5. The maximum Gasteiger partial charge on any atom is 0.310 e. The van der Waals surface area contributed by atoms with Crippen molar-refractivity contribution in [3.8, 4) is 5.75 Å². The molecule has 0 fully saturated rings. The molecule has 0 saturated carbocycles. The van der Waals surface area contributed by atoms with Crippen molar-refractivity contribution >= 4 is 17.8 Å². The molecule has 2 amide bonds. The highest BCUT2D eigenvalue weighted by atomic mass is 16.6. The van der Waals surface area contributed by atoms with Gasteiger partial charge in [-0.1, -0.05) is 18.2 Å². The molecule has 3 rings (SSSR count). The third-order valence-electron chi connectivity index (χ3n) is 5.37. The molecule has 7 nitrogen and oxygen atoms in total. The number of allylic oxidation sites excluding steroid dienone is 1. The van der Waals surface area contributed by atoms with Gasteiger partial charge in [0, 0.05) is 13.5 Å². The van der Waals surface area contributed by atoms with Crippen LogP contribution in [0.25, 0.3) is 0 Å². The lowest BCUT2D eigenvalue weighted by Gasteiger charge is -2.29. The number of carbonyl (C=O) groups excluding carboxylic acids is 3. The van der Waals surface area contributed by atoms with Crippen molar-refractivity contribution in [1.82, 2.24) is 10.6 Å². The Balaban J connectivity index is 2.37. The number of ether oxygens (including phenoxy) is 2. The van der Waals surface area contributed by atoms with E-state index >= 15 is 0 Å². The SMILES string of the molecule is C=CC[C@H]1C(=O)N[C@H](C(=O)NC)Cc2ccc(cc2)OCCCC[C@@H]1C(=O)OC(C)(C)C. The van der Waals surface area contributed by atoms with E-state index in [1.807, 2.05) is 24.3 Å². The largest absolute Gasteiger partial charge is 0.494 e. The number of nitrogens with one attached hydrogen (secondary N) is 2. The van der Waals surface area contributed by atoms with E-state index in [9.17, 15) is 14.4 Å². The predicted molar refractivity (Wildman–Crippen MR) is 123 cm³/mol. The summed E-state index contributed by atoms with van der Waals surface area (Å²) in [7, 11) is 1.53. The van der Waals surface area contributed by atoms with Gasteiger partial charge in [0.2, 0.25) is 11.8 Å². The van der Waals surface area contributed by atoms with Crippen LogP contribution in [0.15, 0.2) is 36.9 Å². The minimum absolute atomic E-state index is 0.297. The van der Waals surface area contributed by atoms with Gasteiger partial charge in [0.05, 0.1) is 18.4 Å². The molecule has 7 heteroatoms. The summed E-state index contributed by atoms with van der Waals surface area (Å²) in [6.45, 7) is 9.70. The van der Waals surface area contributed by atoms with Gasteiger partial charge in [-0.3, -0.25) is 14.4 Å². The van der Waals surface area contributed by atoms with Crippen LogP contribution in [0.1, 0.15) is 52.0 Å². The maximum absolute atomic E-state index is 13.3. The van der Waals surface area contributed by atoms with E-state index in [-0.39, 0.29) is 11.8 Å². The van der Waals surface area contributed by atoms with Gasteiger partial charge in [0.25, 0.3) is 0 Å². The summed E-state index contributed by atoms with van der Waals surface area (Å²) >= 11 is 0. The molecule has 1 aromatic carbocycles. The highest BCUT2D eigenvalue weighted by Crippen LogP contribution is 2.27. The van der Waals surface area contributed by atoms with E-state index in [1.165, 1.54) is 7.05 Å². The van der Waals surface area contributed by atoms with Gasteiger partial charge in [-0.25, -0.2) is 0 Å². The lowest BCUT2D eigenvalue weighted by atomic mass is 9.84. The van der Waals surface area contributed by atoms with Gasteiger partial charge in [-0.15, -0.1) is 6.58 Å². The Morgan fingerprint density at radius 2 is 1.94 bits per heavy atom. The van der Waals surface area contributed by atoms with Crippen LogP contribution in [0.2, 0.25) is 0 Å². The summed E-state index contributed by atoms with van der Waals surface area (Å²) in [5.74, 6) is -1.63. The van der Waals surface area contributed by atoms with Crippen molar-refractivity contribution in [2.45, 2.75) is 64.5 Å². The summed E-state index contributed by atoms with van der Waals surface area (Å²) in [6.07, 6.45) is 4.18. The van der Waals surface area contributed by atoms with Crippen molar-refractivity contribution < 1.29 is 23.9 Å². The van der Waals surface area contributed by atoms with Gasteiger partial charge in [-0.2, -0.15) is 0 Å². The van der Waals surface area contributed by atoms with E-state index in [4.69, 9.17) is 9.47 Å². The lowest BCUT2D eigenvalue weighted by molar-refractivity contribution is -0.164. The molecule has 2 bridgehead atoms. The van der Waals surface area contributed by atoms with Crippen molar-refractivity contribution in [3.63, 3.8) is 0 Å². The molecule has 0 spiro atoms. The third kappa shape index (κ3) is 7.70. The fourth-order valence-electron chi connectivity index (χ4n) is 3.77. The van der Waals surface area contributed by atoms with Crippen LogP contribution >= 0.6 is 0 Å². The molecule has 0 saturated heterocycles. The zero-order valence-corrected chi connectivity index (χ0v) is 19.6. The second kappa shape index (κ2) is 11.7. The first-order valence-corrected chi connectivity index (χ1v) is 11.2. The molecule has 2 N–H and O–H groups in total. The molecular formula is C25H36N2O5. The standard InChI is InChI=1S/C25H36N2O5/c1-6-9-19-20(24(30)32-25(2,3)4)10-7-8-15-31-18-13-11-17(12-14-18)16-21(23(29)26-5)27-22(19)28/h6,11-14,19-21H,1,7-10,15-16H2,2-5H3,(H,26,29)(H,27,28)/t19-,20+,21+/m1/s1. The number of hydrogen-bond donors (Lipinski definition) is 2. The van der Waals surface area contributed by atoms with E-state index in [1.54, 1.807) is 26.8 Å². The number of fused-ring (bicyclic) bond motifs is 12. The van der Waals surface area contributed by atoms with Crippen LogP contribution < -0.4 is 15.4 Å². The summed E-state index contributed by atoms with van der Waals surface area (Å²) in [4.78, 5) is 38.9. The Morgan fingerprint density at radius 3 is 2.53 bits per heavy atom. The van der Waals surface area contributed by atoms with Crippen molar-refractivity contribution in [3.05, 3.63) is 42.5 Å². The van der Waals surface area contributed by atoms with Crippen LogP contribution in [0, 0.1) is 11.8 Å². The summed E-state index contributed by atoms with van der Waals surface area (Å²) in [5, 5.41) is 5.48. The maximum atomic E-state index is 13.3. The van der Waals surface area contributed by atoms with Crippen molar-refractivity contribution in [1.29, 1.82) is 0 Å². The smallest absolute Gasteiger partial charge is 0.310 e. The molecule has 32 heavy (non-hydrogen) atoms. The number of carbonyl (C=O) groups is 3. The highest BCUT2D eigenvalue weighted by Gasteiger charge is 2.37. The summed E-state index contributed by atoms with van der Waals surface area (Å²) < 4.78 is 11.4. The molecule has 0 radical (unpaired) electrons. The van der Waals surface area contributed by atoms with E-state index in [0.29, 0.717) is 32.3 Å². The fraction of sp³-hybridized carbons (Fsp3) is 0.560. The minimum Gasteiger partial charge on any atom is -0.494 e. The van der Waals surface area contributed by atoms with Gasteiger partial charge in [0.1, 0.15) is 17.4 Å². The average Bonchev–Trinajstić information content (AvgIpc) is 2.73. The Morgan fingerprint density at radius 1 is 1.25 bits per heavy atom.